The number of amides is 1. The summed E-state index contributed by atoms with van der Waals surface area (Å²) in [5.41, 5.74) is 5.37. The summed E-state index contributed by atoms with van der Waals surface area (Å²) in [6, 6.07) is -0.853. The molecule has 1 unspecified atom stereocenters. The molecule has 0 aromatic rings. The molecule has 0 aliphatic carbocycles. The fourth-order valence-electron chi connectivity index (χ4n) is 7.61. The Hall–Kier alpha value is -0.760. The van der Waals surface area contributed by atoms with E-state index in [1.54, 1.807) is 6.08 Å². The lowest BCUT2D eigenvalue weighted by Gasteiger charge is -2.23. The highest BCUT2D eigenvalue weighted by Gasteiger charge is 2.26. The molecular weight excluding hydrogens is 732 g/mol. The minimum atomic E-state index is -4.33. The summed E-state index contributed by atoms with van der Waals surface area (Å²) in [5.74, 6) is -0.191. The molecule has 0 aliphatic rings. The number of nitrogens with two attached hydrogens (primary N) is 1. The lowest BCUT2D eigenvalue weighted by Crippen LogP contribution is -2.45. The monoisotopic (exact) mass is 829 g/mol. The predicted molar refractivity (Wildman–Crippen MR) is 245 cm³/mol. The largest absolute Gasteiger partial charge is 0.472 e. The Morgan fingerprint density at radius 2 is 0.895 bits per heavy atom. The van der Waals surface area contributed by atoms with Gasteiger partial charge in [0.05, 0.1) is 25.4 Å². The molecule has 9 heteroatoms. The number of hydrogen-bond donors (Lipinski definition) is 4. The van der Waals surface area contributed by atoms with Crippen molar-refractivity contribution >= 4 is 13.7 Å². The van der Waals surface area contributed by atoms with Gasteiger partial charge in [-0.3, -0.25) is 13.8 Å². The number of rotatable bonds is 47. The molecule has 0 saturated carbocycles. The third-order valence-corrected chi connectivity index (χ3v) is 12.3. The molecule has 0 spiro atoms. The number of hydrogen-bond acceptors (Lipinski definition) is 6. The first kappa shape index (κ1) is 56.2. The molecule has 0 heterocycles. The van der Waals surface area contributed by atoms with E-state index in [1.807, 2.05) is 6.08 Å². The number of unbranched alkanes of at least 4 members (excludes halogenated alkanes) is 35. The summed E-state index contributed by atoms with van der Waals surface area (Å²) >= 11 is 0. The van der Waals surface area contributed by atoms with Crippen molar-refractivity contribution < 1.29 is 28.4 Å². The normalized spacial score (nSPS) is 14.0. The van der Waals surface area contributed by atoms with Gasteiger partial charge in [0.1, 0.15) is 0 Å². The number of carbonyl (C=O) groups excluding carboxylic acids is 1. The fraction of sp³-hybridized carbons (Fsp3) is 0.938. The summed E-state index contributed by atoms with van der Waals surface area (Å²) in [6.07, 6.45) is 51.6. The molecule has 3 atom stereocenters. The van der Waals surface area contributed by atoms with Crippen LogP contribution in [0.5, 0.6) is 0 Å². The molecule has 5 N–H and O–H groups in total. The number of phosphoric acid groups is 1. The van der Waals surface area contributed by atoms with Crippen LogP contribution in [0.1, 0.15) is 258 Å². The Morgan fingerprint density at radius 3 is 1.25 bits per heavy atom. The van der Waals surface area contributed by atoms with Crippen molar-refractivity contribution in [2.75, 3.05) is 19.8 Å². The van der Waals surface area contributed by atoms with Gasteiger partial charge in [-0.1, -0.05) is 244 Å². The van der Waals surface area contributed by atoms with Gasteiger partial charge < -0.3 is 21.1 Å². The van der Waals surface area contributed by atoms with Gasteiger partial charge in [0.2, 0.25) is 5.91 Å². The van der Waals surface area contributed by atoms with Gasteiger partial charge in [-0.15, -0.1) is 0 Å². The number of allylic oxidation sites excluding steroid dienone is 1. The molecule has 8 nitrogen and oxygen atoms in total. The van der Waals surface area contributed by atoms with Crippen molar-refractivity contribution in [2.45, 2.75) is 270 Å². The average Bonchev–Trinajstić information content (AvgIpc) is 3.20. The summed E-state index contributed by atoms with van der Waals surface area (Å²) in [4.78, 5) is 22.7. The quantitative estimate of drug-likeness (QED) is 0.0273. The minimum absolute atomic E-state index is 0.0811. The number of aliphatic hydroxyl groups is 1. The lowest BCUT2D eigenvalue weighted by atomic mass is 10.0. The van der Waals surface area contributed by atoms with Gasteiger partial charge in [-0.2, -0.15) is 0 Å². The first-order chi connectivity index (χ1) is 27.9. The van der Waals surface area contributed by atoms with Gasteiger partial charge in [0, 0.05) is 13.0 Å². The van der Waals surface area contributed by atoms with E-state index in [0.29, 0.717) is 6.42 Å². The fourth-order valence-corrected chi connectivity index (χ4v) is 8.36. The Morgan fingerprint density at radius 1 is 0.561 bits per heavy atom. The van der Waals surface area contributed by atoms with Crippen LogP contribution in [0.2, 0.25) is 0 Å². The Bertz CT molecular complexity index is 906. The summed E-state index contributed by atoms with van der Waals surface area (Å²) in [7, 11) is -4.33. The molecular formula is C48H97N2O6P. The third-order valence-electron chi connectivity index (χ3n) is 11.4. The molecule has 0 aromatic carbocycles. The van der Waals surface area contributed by atoms with E-state index in [2.05, 4.69) is 19.2 Å². The van der Waals surface area contributed by atoms with Crippen molar-refractivity contribution in [1.82, 2.24) is 5.32 Å². The van der Waals surface area contributed by atoms with Gasteiger partial charge >= 0.3 is 7.82 Å². The highest BCUT2D eigenvalue weighted by atomic mass is 31.2. The molecule has 0 fully saturated rings. The highest BCUT2D eigenvalue weighted by Crippen LogP contribution is 2.43. The summed E-state index contributed by atoms with van der Waals surface area (Å²) in [6.45, 7) is 4.13. The predicted octanol–water partition coefficient (Wildman–Crippen LogP) is 14.3. The van der Waals surface area contributed by atoms with Gasteiger partial charge in [0.25, 0.3) is 0 Å². The Labute approximate surface area is 354 Å². The van der Waals surface area contributed by atoms with Gasteiger partial charge in [-0.25, -0.2) is 4.57 Å². The molecule has 1 amide bonds. The van der Waals surface area contributed by atoms with Crippen LogP contribution in [0.4, 0.5) is 0 Å². The number of phosphoric ester groups is 1. The zero-order chi connectivity index (χ0) is 41.8. The molecule has 0 rings (SSSR count). The van der Waals surface area contributed by atoms with Crippen molar-refractivity contribution in [2.24, 2.45) is 5.73 Å². The topological polar surface area (TPSA) is 131 Å². The van der Waals surface area contributed by atoms with E-state index in [9.17, 15) is 19.4 Å². The van der Waals surface area contributed by atoms with Gasteiger partial charge in [0.15, 0.2) is 0 Å². The zero-order valence-electron chi connectivity index (χ0n) is 37.9. The van der Waals surface area contributed by atoms with Crippen LogP contribution in [0.3, 0.4) is 0 Å². The van der Waals surface area contributed by atoms with E-state index in [0.717, 1.165) is 38.5 Å². The van der Waals surface area contributed by atoms with E-state index < -0.39 is 20.0 Å². The standard InChI is InChI=1S/C48H97N2O6P/c1-3-5-7-9-11-13-14-15-16-17-18-19-20-21-22-23-24-25-26-27-28-29-30-31-32-34-36-38-40-42-48(52)50-46(45-56-57(53,54)55-44-43-49)47(51)41-39-37-35-33-12-10-8-6-4-2/h39,41,46-47,51H,3-38,40,42-45,49H2,1-2H3,(H,50,52)(H,53,54)/b41-39+/t46-,47+/m0/s1. The minimum Gasteiger partial charge on any atom is -0.387 e. The van der Waals surface area contributed by atoms with E-state index in [-0.39, 0.29) is 25.7 Å². The Balaban J connectivity index is 3.81. The molecule has 0 aliphatic heterocycles. The maximum absolute atomic E-state index is 12.7. The molecule has 0 saturated heterocycles. The van der Waals surface area contributed by atoms with Crippen molar-refractivity contribution in [3.63, 3.8) is 0 Å². The molecule has 0 aromatic heterocycles. The van der Waals surface area contributed by atoms with Crippen LogP contribution in [0, 0.1) is 0 Å². The summed E-state index contributed by atoms with van der Waals surface area (Å²) < 4.78 is 22.1. The van der Waals surface area contributed by atoms with E-state index in [4.69, 9.17) is 14.8 Å². The highest BCUT2D eigenvalue weighted by molar-refractivity contribution is 7.47. The smallest absolute Gasteiger partial charge is 0.387 e. The van der Waals surface area contributed by atoms with E-state index in [1.165, 1.54) is 199 Å². The SMILES string of the molecule is CCCCCCCCC/C=C/[C@@H](O)[C@H](COP(=O)(O)OCCN)NC(=O)CCCCCCCCCCCCCCCCCCCCCCCCCCCCCCC. The van der Waals surface area contributed by atoms with Gasteiger partial charge in [-0.05, 0) is 19.3 Å². The first-order valence-corrected chi connectivity index (χ1v) is 26.3. The first-order valence-electron chi connectivity index (χ1n) is 24.8. The second-order valence-electron chi connectivity index (χ2n) is 17.0. The average molecular weight is 829 g/mol. The zero-order valence-corrected chi connectivity index (χ0v) is 38.7. The van der Waals surface area contributed by atoms with Crippen LogP contribution in [-0.4, -0.2) is 47.8 Å². The molecule has 0 radical (unpaired) electrons. The van der Waals surface area contributed by atoms with Crippen LogP contribution < -0.4 is 11.1 Å². The van der Waals surface area contributed by atoms with Crippen LogP contribution >= 0.6 is 7.82 Å². The van der Waals surface area contributed by atoms with E-state index >= 15 is 0 Å². The summed E-state index contributed by atoms with van der Waals surface area (Å²) in [5, 5.41) is 13.6. The number of nitrogens with one attached hydrogen (secondary N) is 1. The van der Waals surface area contributed by atoms with Crippen molar-refractivity contribution in [3.8, 4) is 0 Å². The molecule has 340 valence electrons. The lowest BCUT2D eigenvalue weighted by molar-refractivity contribution is -0.123. The molecule has 0 bridgehead atoms. The molecule has 57 heavy (non-hydrogen) atoms. The Kier molecular flexibility index (Phi) is 44.2. The second kappa shape index (κ2) is 44.8. The third kappa shape index (κ3) is 43.1. The van der Waals surface area contributed by atoms with Crippen LogP contribution in [-0.2, 0) is 18.4 Å². The maximum Gasteiger partial charge on any atom is 0.472 e. The van der Waals surface area contributed by atoms with Crippen molar-refractivity contribution in [3.05, 3.63) is 12.2 Å². The number of carbonyl (C=O) groups is 1. The van der Waals surface area contributed by atoms with Crippen LogP contribution in [0.15, 0.2) is 12.2 Å². The van der Waals surface area contributed by atoms with Crippen LogP contribution in [0.25, 0.3) is 0 Å². The number of aliphatic hydroxyl groups excluding tert-OH is 1. The second-order valence-corrected chi connectivity index (χ2v) is 18.5. The maximum atomic E-state index is 12.7. The van der Waals surface area contributed by atoms with Crippen molar-refractivity contribution in [1.29, 1.82) is 0 Å².